The molecule has 2 aromatic rings. The van der Waals surface area contributed by atoms with Crippen molar-refractivity contribution >= 4 is 15.9 Å². The van der Waals surface area contributed by atoms with Crippen molar-refractivity contribution in [2.75, 3.05) is 6.54 Å². The molecule has 20 heavy (non-hydrogen) atoms. The molecule has 0 fully saturated rings. The summed E-state index contributed by atoms with van der Waals surface area (Å²) in [6.45, 7) is 2.14. The van der Waals surface area contributed by atoms with Crippen molar-refractivity contribution in [1.29, 1.82) is 0 Å². The smallest absolute Gasteiger partial charge is 0.198 e. The molecule has 0 aliphatic carbocycles. The third-order valence-corrected chi connectivity index (χ3v) is 3.33. The van der Waals surface area contributed by atoms with Gasteiger partial charge in [0.1, 0.15) is 5.75 Å². The standard InChI is InChI=1S/C15H14BrF2NO/c1-9-6-11(16)2-3-14(9)20-15-12(17)7-10(4-5-19)8-13(15)18/h2-3,6-8H,4-5,19H2,1H3. The Labute approximate surface area is 124 Å². The third-order valence-electron chi connectivity index (χ3n) is 2.84. The summed E-state index contributed by atoms with van der Waals surface area (Å²) >= 11 is 3.32. The van der Waals surface area contributed by atoms with Gasteiger partial charge in [-0.05, 0) is 61.3 Å². The highest BCUT2D eigenvalue weighted by molar-refractivity contribution is 9.10. The topological polar surface area (TPSA) is 35.2 Å². The molecule has 0 aromatic heterocycles. The van der Waals surface area contributed by atoms with Crippen LogP contribution in [0.3, 0.4) is 0 Å². The van der Waals surface area contributed by atoms with E-state index < -0.39 is 17.4 Å². The maximum Gasteiger partial charge on any atom is 0.198 e. The van der Waals surface area contributed by atoms with Gasteiger partial charge in [-0.2, -0.15) is 0 Å². The van der Waals surface area contributed by atoms with Crippen LogP contribution in [0.25, 0.3) is 0 Å². The molecule has 2 rings (SSSR count). The second kappa shape index (κ2) is 6.33. The molecule has 0 saturated carbocycles. The second-order valence-electron chi connectivity index (χ2n) is 4.44. The summed E-state index contributed by atoms with van der Waals surface area (Å²) in [5, 5.41) is 0. The third kappa shape index (κ3) is 3.35. The highest BCUT2D eigenvalue weighted by Crippen LogP contribution is 2.31. The predicted molar refractivity (Wildman–Crippen MR) is 78.1 cm³/mol. The maximum atomic E-state index is 13.9. The lowest BCUT2D eigenvalue weighted by atomic mass is 10.1. The van der Waals surface area contributed by atoms with E-state index in [2.05, 4.69) is 15.9 Å². The minimum atomic E-state index is -0.726. The Morgan fingerprint density at radius 2 is 1.80 bits per heavy atom. The molecule has 0 unspecified atom stereocenters. The van der Waals surface area contributed by atoms with Gasteiger partial charge in [0.05, 0.1) is 0 Å². The van der Waals surface area contributed by atoms with Gasteiger partial charge in [-0.25, -0.2) is 8.78 Å². The van der Waals surface area contributed by atoms with Crippen LogP contribution in [0.1, 0.15) is 11.1 Å². The van der Waals surface area contributed by atoms with Crippen molar-refractivity contribution in [2.24, 2.45) is 5.73 Å². The molecular weight excluding hydrogens is 328 g/mol. The quantitative estimate of drug-likeness (QED) is 0.898. The van der Waals surface area contributed by atoms with Crippen LogP contribution >= 0.6 is 15.9 Å². The van der Waals surface area contributed by atoms with Crippen molar-refractivity contribution in [2.45, 2.75) is 13.3 Å². The summed E-state index contributed by atoms with van der Waals surface area (Å²) in [6.07, 6.45) is 0.422. The summed E-state index contributed by atoms with van der Waals surface area (Å²) in [6, 6.07) is 7.72. The molecule has 2 nitrogen and oxygen atoms in total. The number of nitrogens with two attached hydrogens (primary N) is 1. The average Bonchev–Trinajstić information content (AvgIpc) is 2.36. The monoisotopic (exact) mass is 341 g/mol. The minimum absolute atomic E-state index is 0.338. The normalized spacial score (nSPS) is 10.7. The molecule has 2 N–H and O–H groups in total. The maximum absolute atomic E-state index is 13.9. The Balaban J connectivity index is 2.33. The van der Waals surface area contributed by atoms with Crippen LogP contribution in [0, 0.1) is 18.6 Å². The zero-order valence-electron chi connectivity index (χ0n) is 10.9. The fourth-order valence-electron chi connectivity index (χ4n) is 1.86. The molecule has 0 aliphatic heterocycles. The largest absolute Gasteiger partial charge is 0.451 e. The number of hydrogen-bond acceptors (Lipinski definition) is 2. The number of benzene rings is 2. The van der Waals surface area contributed by atoms with E-state index in [-0.39, 0.29) is 0 Å². The van der Waals surface area contributed by atoms with E-state index in [4.69, 9.17) is 10.5 Å². The van der Waals surface area contributed by atoms with Crippen LogP contribution in [-0.4, -0.2) is 6.54 Å². The van der Waals surface area contributed by atoms with E-state index in [1.807, 2.05) is 6.07 Å². The number of aryl methyl sites for hydroxylation is 1. The van der Waals surface area contributed by atoms with Crippen molar-refractivity contribution < 1.29 is 13.5 Å². The van der Waals surface area contributed by atoms with Crippen LogP contribution in [0.2, 0.25) is 0 Å². The van der Waals surface area contributed by atoms with Crippen LogP contribution in [0.15, 0.2) is 34.8 Å². The molecule has 0 spiro atoms. The van der Waals surface area contributed by atoms with Crippen molar-refractivity contribution in [3.8, 4) is 11.5 Å². The summed E-state index contributed by atoms with van der Waals surface area (Å²) in [7, 11) is 0. The van der Waals surface area contributed by atoms with Gasteiger partial charge in [-0.3, -0.25) is 0 Å². The van der Waals surface area contributed by atoms with Gasteiger partial charge in [0.2, 0.25) is 0 Å². The van der Waals surface area contributed by atoms with E-state index in [0.717, 1.165) is 10.0 Å². The van der Waals surface area contributed by atoms with Gasteiger partial charge in [0, 0.05) is 4.47 Å². The molecule has 2 aromatic carbocycles. The Morgan fingerprint density at radius 3 is 2.35 bits per heavy atom. The predicted octanol–water partition coefficient (Wildman–Crippen LogP) is 4.33. The molecule has 0 bridgehead atoms. The van der Waals surface area contributed by atoms with Crippen LogP contribution < -0.4 is 10.5 Å². The number of halogens is 3. The van der Waals surface area contributed by atoms with Gasteiger partial charge in [0.25, 0.3) is 0 Å². The van der Waals surface area contributed by atoms with Gasteiger partial charge >= 0.3 is 0 Å². The number of ether oxygens (including phenoxy) is 1. The highest BCUT2D eigenvalue weighted by Gasteiger charge is 2.14. The Bertz CT molecular complexity index is 608. The summed E-state index contributed by atoms with van der Waals surface area (Å²) in [4.78, 5) is 0. The molecule has 0 aliphatic rings. The Kier molecular flexibility index (Phi) is 4.73. The molecular formula is C15H14BrF2NO. The molecule has 0 amide bonds. The molecule has 106 valence electrons. The number of hydrogen-bond donors (Lipinski definition) is 1. The lowest BCUT2D eigenvalue weighted by molar-refractivity contribution is 0.404. The van der Waals surface area contributed by atoms with Gasteiger partial charge < -0.3 is 10.5 Å². The summed E-state index contributed by atoms with van der Waals surface area (Å²) < 4.78 is 34.1. The molecule has 0 saturated heterocycles. The van der Waals surface area contributed by atoms with Gasteiger partial charge in [-0.15, -0.1) is 0 Å². The lowest BCUT2D eigenvalue weighted by Gasteiger charge is -2.11. The molecule has 0 atom stereocenters. The van der Waals surface area contributed by atoms with Crippen molar-refractivity contribution in [1.82, 2.24) is 0 Å². The van der Waals surface area contributed by atoms with Gasteiger partial charge in [0.15, 0.2) is 17.4 Å². The zero-order chi connectivity index (χ0) is 14.7. The van der Waals surface area contributed by atoms with Crippen molar-refractivity contribution in [3.05, 3.63) is 57.6 Å². The van der Waals surface area contributed by atoms with Gasteiger partial charge in [-0.1, -0.05) is 15.9 Å². The second-order valence-corrected chi connectivity index (χ2v) is 5.35. The first-order valence-corrected chi connectivity index (χ1v) is 6.92. The SMILES string of the molecule is Cc1cc(Br)ccc1Oc1c(F)cc(CCN)cc1F. The Morgan fingerprint density at radius 1 is 1.15 bits per heavy atom. The van der Waals surface area contributed by atoms with E-state index in [9.17, 15) is 8.78 Å². The number of rotatable bonds is 4. The van der Waals surface area contributed by atoms with E-state index in [0.29, 0.717) is 24.3 Å². The average molecular weight is 342 g/mol. The minimum Gasteiger partial charge on any atom is -0.451 e. The Hall–Kier alpha value is -1.46. The lowest BCUT2D eigenvalue weighted by Crippen LogP contribution is -2.04. The fourth-order valence-corrected chi connectivity index (χ4v) is 2.33. The van der Waals surface area contributed by atoms with Crippen molar-refractivity contribution in [3.63, 3.8) is 0 Å². The molecule has 0 radical (unpaired) electrons. The summed E-state index contributed by atoms with van der Waals surface area (Å²) in [5.41, 5.74) is 6.67. The fraction of sp³-hybridized carbons (Fsp3) is 0.200. The zero-order valence-corrected chi connectivity index (χ0v) is 12.5. The van der Waals surface area contributed by atoms with Crippen LogP contribution in [0.5, 0.6) is 11.5 Å². The van der Waals surface area contributed by atoms with E-state index >= 15 is 0 Å². The molecule has 0 heterocycles. The first-order valence-electron chi connectivity index (χ1n) is 6.13. The summed E-state index contributed by atoms with van der Waals surface area (Å²) in [5.74, 6) is -1.43. The van der Waals surface area contributed by atoms with Crippen LogP contribution in [-0.2, 0) is 6.42 Å². The van der Waals surface area contributed by atoms with E-state index in [1.165, 1.54) is 12.1 Å². The van der Waals surface area contributed by atoms with E-state index in [1.54, 1.807) is 19.1 Å². The molecule has 5 heteroatoms. The first kappa shape index (κ1) is 14.9. The van der Waals surface area contributed by atoms with Crippen LogP contribution in [0.4, 0.5) is 8.78 Å². The first-order chi connectivity index (χ1) is 9.51. The highest BCUT2D eigenvalue weighted by atomic mass is 79.9.